The third kappa shape index (κ3) is 4.49. The molecule has 1 fully saturated rings. The van der Waals surface area contributed by atoms with Crippen molar-refractivity contribution in [3.8, 4) is 0 Å². The van der Waals surface area contributed by atoms with Gasteiger partial charge in [0.25, 0.3) is 0 Å². The van der Waals surface area contributed by atoms with Crippen LogP contribution in [0.3, 0.4) is 0 Å². The molecule has 0 saturated carbocycles. The topological polar surface area (TPSA) is 38.5 Å². The monoisotopic (exact) mass is 214 g/mol. The predicted octanol–water partition coefficient (Wildman–Crippen LogP) is 1.61. The number of nitrogens with zero attached hydrogens (tertiary/aromatic N) is 1. The number of hydrogen-bond donors (Lipinski definition) is 1. The van der Waals surface area contributed by atoms with Crippen LogP contribution < -0.4 is 5.73 Å². The third-order valence-corrected chi connectivity index (χ3v) is 2.39. The molecule has 0 amide bonds. The lowest BCUT2D eigenvalue weighted by molar-refractivity contribution is -0.182. The molecule has 0 aromatic rings. The average Bonchev–Trinajstić information content (AvgIpc) is 1.70. The fourth-order valence-corrected chi connectivity index (χ4v) is 2.63. The van der Waals surface area contributed by atoms with Gasteiger partial charge in [-0.15, -0.1) is 0 Å². The van der Waals surface area contributed by atoms with Crippen molar-refractivity contribution in [2.45, 2.75) is 58.3 Å². The van der Waals surface area contributed by atoms with E-state index in [1.54, 1.807) is 0 Å². The van der Waals surface area contributed by atoms with Gasteiger partial charge >= 0.3 is 0 Å². The first-order valence-corrected chi connectivity index (χ1v) is 5.71. The second-order valence-corrected chi connectivity index (χ2v) is 6.76. The summed E-state index contributed by atoms with van der Waals surface area (Å²) in [6, 6.07) is 0. The van der Waals surface area contributed by atoms with Gasteiger partial charge in [0, 0.05) is 25.2 Å². The van der Waals surface area contributed by atoms with Gasteiger partial charge in [-0.05, 0) is 41.5 Å². The first kappa shape index (κ1) is 12.9. The van der Waals surface area contributed by atoms with E-state index in [-0.39, 0.29) is 16.7 Å². The van der Waals surface area contributed by atoms with Gasteiger partial charge < -0.3 is 10.5 Å². The molecule has 1 heterocycles. The van der Waals surface area contributed by atoms with Crippen LogP contribution in [-0.4, -0.2) is 41.3 Å². The first-order chi connectivity index (χ1) is 6.49. The SMILES string of the molecule is CC(C)(N)CN1CC(C)(C)OC(C)(C)C1. The summed E-state index contributed by atoms with van der Waals surface area (Å²) in [6.07, 6.45) is 0. The van der Waals surface area contributed by atoms with Crippen molar-refractivity contribution in [2.75, 3.05) is 19.6 Å². The van der Waals surface area contributed by atoms with Crippen LogP contribution in [0.5, 0.6) is 0 Å². The summed E-state index contributed by atoms with van der Waals surface area (Å²) in [5, 5.41) is 0. The molecule has 0 atom stereocenters. The van der Waals surface area contributed by atoms with Crippen molar-refractivity contribution in [2.24, 2.45) is 5.73 Å². The van der Waals surface area contributed by atoms with E-state index >= 15 is 0 Å². The molecule has 0 bridgehead atoms. The Morgan fingerprint density at radius 1 is 1.13 bits per heavy atom. The number of rotatable bonds is 2. The molecule has 0 aliphatic carbocycles. The molecule has 0 spiro atoms. The summed E-state index contributed by atoms with van der Waals surface area (Å²) in [6.45, 7) is 15.5. The van der Waals surface area contributed by atoms with Gasteiger partial charge in [-0.2, -0.15) is 0 Å². The van der Waals surface area contributed by atoms with Gasteiger partial charge in [-0.25, -0.2) is 0 Å². The Morgan fingerprint density at radius 3 is 1.87 bits per heavy atom. The molecule has 2 N–H and O–H groups in total. The molecular weight excluding hydrogens is 188 g/mol. The van der Waals surface area contributed by atoms with Crippen LogP contribution in [0, 0.1) is 0 Å². The maximum absolute atomic E-state index is 6.06. The molecule has 1 saturated heterocycles. The maximum Gasteiger partial charge on any atom is 0.0760 e. The molecule has 90 valence electrons. The highest BCUT2D eigenvalue weighted by Gasteiger charge is 2.38. The Hall–Kier alpha value is -0.120. The Bertz CT molecular complexity index is 210. The van der Waals surface area contributed by atoms with E-state index in [1.807, 2.05) is 0 Å². The third-order valence-electron chi connectivity index (χ3n) is 2.39. The fourth-order valence-electron chi connectivity index (χ4n) is 2.63. The summed E-state index contributed by atoms with van der Waals surface area (Å²) >= 11 is 0. The Labute approximate surface area is 94.0 Å². The van der Waals surface area contributed by atoms with Crippen molar-refractivity contribution >= 4 is 0 Å². The van der Waals surface area contributed by atoms with E-state index < -0.39 is 0 Å². The van der Waals surface area contributed by atoms with Crippen LogP contribution >= 0.6 is 0 Å². The first-order valence-electron chi connectivity index (χ1n) is 5.71. The van der Waals surface area contributed by atoms with E-state index in [2.05, 4.69) is 46.4 Å². The molecular formula is C12H26N2O. The Kier molecular flexibility index (Phi) is 3.21. The van der Waals surface area contributed by atoms with Crippen LogP contribution in [0.1, 0.15) is 41.5 Å². The zero-order valence-corrected chi connectivity index (χ0v) is 11.1. The molecule has 3 heteroatoms. The molecule has 0 unspecified atom stereocenters. The lowest BCUT2D eigenvalue weighted by Gasteiger charge is -2.48. The fraction of sp³-hybridized carbons (Fsp3) is 1.00. The van der Waals surface area contributed by atoms with Crippen molar-refractivity contribution in [1.29, 1.82) is 0 Å². The lowest BCUT2D eigenvalue weighted by atomic mass is 9.96. The highest BCUT2D eigenvalue weighted by molar-refractivity contribution is 4.91. The van der Waals surface area contributed by atoms with Gasteiger partial charge in [0.15, 0.2) is 0 Å². The van der Waals surface area contributed by atoms with Crippen LogP contribution in [0.15, 0.2) is 0 Å². The van der Waals surface area contributed by atoms with Crippen LogP contribution in [0.25, 0.3) is 0 Å². The number of nitrogens with two attached hydrogens (primary N) is 1. The van der Waals surface area contributed by atoms with Gasteiger partial charge in [-0.3, -0.25) is 4.90 Å². The maximum atomic E-state index is 6.06. The van der Waals surface area contributed by atoms with E-state index in [1.165, 1.54) is 0 Å². The summed E-state index contributed by atoms with van der Waals surface area (Å²) in [5.74, 6) is 0. The molecule has 0 radical (unpaired) electrons. The van der Waals surface area contributed by atoms with Crippen LogP contribution in [-0.2, 0) is 4.74 Å². The molecule has 0 aromatic carbocycles. The lowest BCUT2D eigenvalue weighted by Crippen LogP contribution is -2.60. The second kappa shape index (κ2) is 3.72. The summed E-state index contributed by atoms with van der Waals surface area (Å²) in [5.41, 5.74) is 5.77. The Balaban J connectivity index is 2.68. The van der Waals surface area contributed by atoms with Gasteiger partial charge in [0.05, 0.1) is 11.2 Å². The molecule has 0 aromatic heterocycles. The quantitative estimate of drug-likeness (QED) is 0.759. The zero-order chi connectivity index (χ0) is 11.9. The summed E-state index contributed by atoms with van der Waals surface area (Å²) in [4.78, 5) is 2.41. The van der Waals surface area contributed by atoms with E-state index in [4.69, 9.17) is 10.5 Å². The van der Waals surface area contributed by atoms with Crippen molar-refractivity contribution in [3.63, 3.8) is 0 Å². The van der Waals surface area contributed by atoms with E-state index in [9.17, 15) is 0 Å². The van der Waals surface area contributed by atoms with Crippen molar-refractivity contribution in [3.05, 3.63) is 0 Å². The summed E-state index contributed by atoms with van der Waals surface area (Å²) < 4.78 is 6.02. The molecule has 3 nitrogen and oxygen atoms in total. The van der Waals surface area contributed by atoms with E-state index in [0.717, 1.165) is 19.6 Å². The highest BCUT2D eigenvalue weighted by Crippen LogP contribution is 2.28. The van der Waals surface area contributed by atoms with Crippen molar-refractivity contribution in [1.82, 2.24) is 4.90 Å². The zero-order valence-electron chi connectivity index (χ0n) is 11.1. The molecule has 1 aliphatic heterocycles. The summed E-state index contributed by atoms with van der Waals surface area (Å²) in [7, 11) is 0. The number of morpholine rings is 1. The molecule has 1 rings (SSSR count). The minimum atomic E-state index is -0.135. The smallest absolute Gasteiger partial charge is 0.0760 e. The minimum Gasteiger partial charge on any atom is -0.367 e. The minimum absolute atomic E-state index is 0.0764. The Morgan fingerprint density at radius 2 is 1.53 bits per heavy atom. The number of hydrogen-bond acceptors (Lipinski definition) is 3. The average molecular weight is 214 g/mol. The second-order valence-electron chi connectivity index (χ2n) is 6.76. The largest absolute Gasteiger partial charge is 0.367 e. The predicted molar refractivity (Wildman–Crippen MR) is 63.9 cm³/mol. The van der Waals surface area contributed by atoms with Crippen LogP contribution in [0.4, 0.5) is 0 Å². The van der Waals surface area contributed by atoms with Gasteiger partial charge in [0.1, 0.15) is 0 Å². The van der Waals surface area contributed by atoms with E-state index in [0.29, 0.717) is 0 Å². The van der Waals surface area contributed by atoms with Crippen LogP contribution in [0.2, 0.25) is 0 Å². The van der Waals surface area contributed by atoms with Gasteiger partial charge in [0.2, 0.25) is 0 Å². The normalized spacial score (nSPS) is 26.6. The van der Waals surface area contributed by atoms with Crippen molar-refractivity contribution < 1.29 is 4.74 Å². The highest BCUT2D eigenvalue weighted by atomic mass is 16.5. The number of ether oxygens (including phenoxy) is 1. The van der Waals surface area contributed by atoms with Gasteiger partial charge in [-0.1, -0.05) is 0 Å². The molecule has 15 heavy (non-hydrogen) atoms. The standard InChI is InChI=1S/C12H26N2O/c1-10(2,13)7-14-8-11(3,4)15-12(5,6)9-14/h7-9,13H2,1-6H3. The molecule has 1 aliphatic rings.